The highest BCUT2D eigenvalue weighted by Gasteiger charge is 2.15. The monoisotopic (exact) mass is 261 g/mol. The lowest BCUT2D eigenvalue weighted by Crippen LogP contribution is -2.34. The number of carbonyl (C=O) groups excluding carboxylic acids is 1. The van der Waals surface area contributed by atoms with Crippen LogP contribution in [0.15, 0.2) is 24.3 Å². The Bertz CT molecular complexity index is 476. The predicted molar refractivity (Wildman–Crippen MR) is 73.7 cm³/mol. The lowest BCUT2D eigenvalue weighted by Gasteiger charge is -2.24. The minimum Gasteiger partial charge on any atom is -0.496 e. The smallest absolute Gasteiger partial charge is 0.270 e. The van der Waals surface area contributed by atoms with E-state index in [2.05, 4.69) is 0 Å². The Morgan fingerprint density at radius 1 is 1.42 bits per heavy atom. The second kappa shape index (κ2) is 6.38. The van der Waals surface area contributed by atoms with Crippen LogP contribution in [-0.4, -0.2) is 31.2 Å². The van der Waals surface area contributed by atoms with Crippen LogP contribution < -0.4 is 4.74 Å². The van der Waals surface area contributed by atoms with Crippen LogP contribution in [0.5, 0.6) is 5.75 Å². The number of rotatable bonds is 3. The Morgan fingerprint density at radius 2 is 2.26 bits per heavy atom. The zero-order chi connectivity index (χ0) is 13.7. The molecular weight excluding hydrogens is 242 g/mol. The van der Waals surface area contributed by atoms with Crippen molar-refractivity contribution >= 4 is 12.0 Å². The van der Waals surface area contributed by atoms with Crippen LogP contribution in [0.2, 0.25) is 0 Å². The summed E-state index contributed by atoms with van der Waals surface area (Å²) in [4.78, 5) is 17.2. The first kappa shape index (κ1) is 13.6. The molecular formula is C15H19NO3. The lowest BCUT2D eigenvalue weighted by atomic mass is 10.1. The number of ether oxygens (including phenoxy) is 1. The second-order valence-electron chi connectivity index (χ2n) is 4.56. The van der Waals surface area contributed by atoms with Crippen LogP contribution >= 0.6 is 0 Å². The van der Waals surface area contributed by atoms with E-state index in [4.69, 9.17) is 9.57 Å². The average Bonchev–Trinajstić information content (AvgIpc) is 2.46. The molecule has 0 atom stereocenters. The highest BCUT2D eigenvalue weighted by molar-refractivity contribution is 5.91. The van der Waals surface area contributed by atoms with E-state index >= 15 is 0 Å². The molecule has 0 spiro atoms. The zero-order valence-corrected chi connectivity index (χ0v) is 11.4. The number of hydroxylamine groups is 2. The molecule has 1 fully saturated rings. The van der Waals surface area contributed by atoms with E-state index in [1.54, 1.807) is 13.2 Å². The molecule has 1 aromatic carbocycles. The maximum Gasteiger partial charge on any atom is 0.270 e. The van der Waals surface area contributed by atoms with Crippen molar-refractivity contribution in [3.05, 3.63) is 35.4 Å². The Kier molecular flexibility index (Phi) is 4.58. The number of nitrogens with zero attached hydrogens (tertiary/aromatic N) is 1. The van der Waals surface area contributed by atoms with Gasteiger partial charge in [-0.15, -0.1) is 0 Å². The number of carbonyl (C=O) groups is 1. The van der Waals surface area contributed by atoms with E-state index < -0.39 is 0 Å². The van der Waals surface area contributed by atoms with Gasteiger partial charge in [-0.05, 0) is 38.0 Å². The topological polar surface area (TPSA) is 38.8 Å². The van der Waals surface area contributed by atoms with E-state index in [9.17, 15) is 4.79 Å². The summed E-state index contributed by atoms with van der Waals surface area (Å²) in [7, 11) is 1.62. The quantitative estimate of drug-likeness (QED) is 0.785. The summed E-state index contributed by atoms with van der Waals surface area (Å²) in [5.74, 6) is 0.637. The molecule has 0 unspecified atom stereocenters. The van der Waals surface area contributed by atoms with Crippen molar-refractivity contribution in [2.24, 2.45) is 0 Å². The van der Waals surface area contributed by atoms with Gasteiger partial charge in [-0.2, -0.15) is 0 Å². The van der Waals surface area contributed by atoms with Crippen LogP contribution in [-0.2, 0) is 9.63 Å². The fourth-order valence-electron chi connectivity index (χ4n) is 2.00. The van der Waals surface area contributed by atoms with Crippen LogP contribution in [0.1, 0.15) is 24.0 Å². The van der Waals surface area contributed by atoms with Gasteiger partial charge in [0, 0.05) is 18.2 Å². The van der Waals surface area contributed by atoms with Crippen molar-refractivity contribution in [2.75, 3.05) is 20.3 Å². The molecule has 4 nitrogen and oxygen atoms in total. The van der Waals surface area contributed by atoms with Gasteiger partial charge in [0.2, 0.25) is 0 Å². The third kappa shape index (κ3) is 3.58. The van der Waals surface area contributed by atoms with Crippen molar-refractivity contribution in [3.8, 4) is 5.75 Å². The third-order valence-corrected chi connectivity index (χ3v) is 3.04. The first-order valence-corrected chi connectivity index (χ1v) is 6.48. The van der Waals surface area contributed by atoms with E-state index in [0.29, 0.717) is 13.2 Å². The molecule has 0 N–H and O–H groups in total. The average molecular weight is 261 g/mol. The first-order chi connectivity index (χ1) is 9.20. The zero-order valence-electron chi connectivity index (χ0n) is 11.4. The van der Waals surface area contributed by atoms with E-state index in [1.165, 1.54) is 11.1 Å². The summed E-state index contributed by atoms with van der Waals surface area (Å²) in [5, 5.41) is 1.42. The molecule has 0 aromatic heterocycles. The van der Waals surface area contributed by atoms with Gasteiger partial charge in [-0.25, -0.2) is 5.06 Å². The molecule has 1 aliphatic rings. The predicted octanol–water partition coefficient (Wildman–Crippen LogP) is 2.57. The first-order valence-electron chi connectivity index (χ1n) is 6.48. The molecule has 0 saturated carbocycles. The fraction of sp³-hybridized carbons (Fsp3) is 0.400. The molecule has 0 bridgehead atoms. The van der Waals surface area contributed by atoms with Crippen LogP contribution in [0.3, 0.4) is 0 Å². The molecule has 19 heavy (non-hydrogen) atoms. The minimum absolute atomic E-state index is 0.122. The number of aryl methyl sites for hydroxylation is 1. The molecule has 1 saturated heterocycles. The summed E-state index contributed by atoms with van der Waals surface area (Å²) in [6.45, 7) is 3.29. The van der Waals surface area contributed by atoms with E-state index in [0.717, 1.165) is 29.7 Å². The van der Waals surface area contributed by atoms with Gasteiger partial charge in [-0.3, -0.25) is 9.63 Å². The van der Waals surface area contributed by atoms with E-state index in [-0.39, 0.29) is 5.91 Å². The maximum absolute atomic E-state index is 11.9. The highest BCUT2D eigenvalue weighted by Crippen LogP contribution is 2.21. The summed E-state index contributed by atoms with van der Waals surface area (Å²) in [6.07, 6.45) is 5.31. The maximum atomic E-state index is 11.9. The standard InChI is InChI=1S/C15H19NO3/c1-12-5-7-14(18-2)13(11-12)6-8-15(17)16-9-3-4-10-19-16/h5-8,11H,3-4,9-10H2,1-2H3/b8-6+. The number of hydrogen-bond acceptors (Lipinski definition) is 3. The normalized spacial score (nSPS) is 15.8. The molecule has 2 rings (SSSR count). The molecule has 1 amide bonds. The number of hydrogen-bond donors (Lipinski definition) is 0. The van der Waals surface area contributed by atoms with Gasteiger partial charge in [0.1, 0.15) is 5.75 Å². The molecule has 0 radical (unpaired) electrons. The van der Waals surface area contributed by atoms with Gasteiger partial charge >= 0.3 is 0 Å². The molecule has 1 aliphatic heterocycles. The molecule has 1 heterocycles. The minimum atomic E-state index is -0.122. The Labute approximate surface area is 113 Å². The number of benzene rings is 1. The van der Waals surface area contributed by atoms with Crippen LogP contribution in [0, 0.1) is 6.92 Å². The summed E-state index contributed by atoms with van der Waals surface area (Å²) >= 11 is 0. The highest BCUT2D eigenvalue weighted by atomic mass is 16.7. The van der Waals surface area contributed by atoms with Crippen LogP contribution in [0.4, 0.5) is 0 Å². The van der Waals surface area contributed by atoms with Crippen molar-refractivity contribution in [1.29, 1.82) is 0 Å². The Morgan fingerprint density at radius 3 is 2.95 bits per heavy atom. The summed E-state index contributed by atoms with van der Waals surface area (Å²) < 4.78 is 5.27. The van der Waals surface area contributed by atoms with Gasteiger partial charge < -0.3 is 4.74 Å². The molecule has 4 heteroatoms. The Balaban J connectivity index is 2.08. The van der Waals surface area contributed by atoms with Crippen molar-refractivity contribution in [3.63, 3.8) is 0 Å². The van der Waals surface area contributed by atoms with Gasteiger partial charge in [0.25, 0.3) is 5.91 Å². The van der Waals surface area contributed by atoms with Gasteiger partial charge in [0.15, 0.2) is 0 Å². The van der Waals surface area contributed by atoms with Gasteiger partial charge in [-0.1, -0.05) is 11.6 Å². The SMILES string of the molecule is COc1ccc(C)cc1/C=C/C(=O)N1CCCCO1. The molecule has 1 aromatic rings. The van der Waals surface area contributed by atoms with Crippen molar-refractivity contribution < 1.29 is 14.4 Å². The summed E-state index contributed by atoms with van der Waals surface area (Å²) in [5.41, 5.74) is 2.02. The number of amides is 1. The summed E-state index contributed by atoms with van der Waals surface area (Å²) in [6, 6.07) is 5.86. The largest absolute Gasteiger partial charge is 0.496 e. The Hall–Kier alpha value is -1.81. The van der Waals surface area contributed by atoms with Crippen molar-refractivity contribution in [1.82, 2.24) is 5.06 Å². The lowest BCUT2D eigenvalue weighted by molar-refractivity contribution is -0.191. The second-order valence-corrected chi connectivity index (χ2v) is 4.56. The number of methoxy groups -OCH3 is 1. The molecule has 102 valence electrons. The van der Waals surface area contributed by atoms with Crippen LogP contribution in [0.25, 0.3) is 6.08 Å². The van der Waals surface area contributed by atoms with Gasteiger partial charge in [0.05, 0.1) is 13.7 Å². The van der Waals surface area contributed by atoms with Crippen molar-refractivity contribution in [2.45, 2.75) is 19.8 Å². The third-order valence-electron chi connectivity index (χ3n) is 3.04. The van der Waals surface area contributed by atoms with E-state index in [1.807, 2.05) is 25.1 Å². The molecule has 0 aliphatic carbocycles. The fourth-order valence-corrected chi connectivity index (χ4v) is 2.00.